The van der Waals surface area contributed by atoms with Gasteiger partial charge in [0.15, 0.2) is 0 Å². The third-order valence-electron chi connectivity index (χ3n) is 7.35. The maximum atomic E-state index is 13.5. The summed E-state index contributed by atoms with van der Waals surface area (Å²) in [6.07, 6.45) is -3.04. The van der Waals surface area contributed by atoms with Gasteiger partial charge in [-0.1, -0.05) is 11.3 Å². The number of carbonyl (C=O) groups is 3. The molecule has 43 heavy (non-hydrogen) atoms. The zero-order valence-corrected chi connectivity index (χ0v) is 23.9. The van der Waals surface area contributed by atoms with E-state index in [9.17, 15) is 32.3 Å². The standard InChI is InChI=1S/C28H29F3N6O5S/c1-15(38)33-11-24(39)37-12-21(26-35-36-27(41)43-26)23(13-37)34-25(40)16-4-6-19(7-5-16)42-14-17-9-18(28(29,30)31)10-22-20(17)3-2-8-32-22/h4-7,9-10,21,23,32H,2-3,8,11-14H2,1H3,(H,33,38)(H,34,40)(H,36,41)/t21-,23+/m0/s1. The number of hydrogen-bond donors (Lipinski definition) is 4. The molecule has 2 aliphatic rings. The molecular formula is C28H29F3N6O5S. The van der Waals surface area contributed by atoms with Crippen LogP contribution in [0.25, 0.3) is 0 Å². The van der Waals surface area contributed by atoms with Crippen molar-refractivity contribution in [2.24, 2.45) is 0 Å². The summed E-state index contributed by atoms with van der Waals surface area (Å²) in [5.74, 6) is -1.18. The fraction of sp³-hybridized carbons (Fsp3) is 0.393. The van der Waals surface area contributed by atoms with Crippen LogP contribution in [0, 0.1) is 0 Å². The number of nitrogens with zero attached hydrogens (tertiary/aromatic N) is 2. The molecule has 4 N–H and O–H groups in total. The van der Waals surface area contributed by atoms with Crippen molar-refractivity contribution >= 4 is 34.7 Å². The number of ether oxygens (including phenoxy) is 1. The third-order valence-corrected chi connectivity index (χ3v) is 8.23. The van der Waals surface area contributed by atoms with Gasteiger partial charge in [0.25, 0.3) is 5.91 Å². The molecule has 1 fully saturated rings. The number of benzene rings is 2. The highest BCUT2D eigenvalue weighted by molar-refractivity contribution is 7.08. The third kappa shape index (κ3) is 7.16. The number of alkyl halides is 3. The number of hydrogen-bond acceptors (Lipinski definition) is 8. The molecule has 15 heteroatoms. The summed E-state index contributed by atoms with van der Waals surface area (Å²) in [6.45, 7) is 1.99. The van der Waals surface area contributed by atoms with E-state index < -0.39 is 29.6 Å². The highest BCUT2D eigenvalue weighted by Gasteiger charge is 2.39. The number of aromatic nitrogens is 2. The minimum Gasteiger partial charge on any atom is -0.489 e. The molecule has 0 aliphatic carbocycles. The van der Waals surface area contributed by atoms with Gasteiger partial charge in [0.05, 0.1) is 24.1 Å². The van der Waals surface area contributed by atoms with E-state index in [1.807, 2.05) is 0 Å². The molecular weight excluding hydrogens is 589 g/mol. The van der Waals surface area contributed by atoms with Crippen LogP contribution < -0.4 is 25.6 Å². The molecule has 3 amide bonds. The molecule has 3 aromatic rings. The van der Waals surface area contributed by atoms with Crippen LogP contribution in [0.5, 0.6) is 5.75 Å². The molecule has 0 bridgehead atoms. The van der Waals surface area contributed by atoms with E-state index in [-0.39, 0.29) is 42.9 Å². The summed E-state index contributed by atoms with van der Waals surface area (Å²) in [4.78, 5) is 49.8. The zero-order valence-electron chi connectivity index (χ0n) is 23.0. The molecule has 2 aromatic carbocycles. The van der Waals surface area contributed by atoms with Crippen molar-refractivity contribution in [3.63, 3.8) is 0 Å². The monoisotopic (exact) mass is 618 g/mol. The van der Waals surface area contributed by atoms with Gasteiger partial charge in [0, 0.05) is 37.8 Å². The highest BCUT2D eigenvalue weighted by Crippen LogP contribution is 2.36. The summed E-state index contributed by atoms with van der Waals surface area (Å²) < 4.78 is 46.2. The Hall–Kier alpha value is -4.40. The lowest BCUT2D eigenvalue weighted by molar-refractivity contribution is -0.137. The molecule has 5 rings (SSSR count). The average molecular weight is 619 g/mol. The first-order chi connectivity index (χ1) is 20.5. The van der Waals surface area contributed by atoms with E-state index in [2.05, 4.69) is 26.1 Å². The number of fused-ring (bicyclic) bond motifs is 1. The summed E-state index contributed by atoms with van der Waals surface area (Å²) in [5.41, 5.74) is 1.27. The van der Waals surface area contributed by atoms with E-state index in [1.165, 1.54) is 24.0 Å². The van der Waals surface area contributed by atoms with E-state index in [1.54, 1.807) is 12.1 Å². The molecule has 2 aliphatic heterocycles. The quantitative estimate of drug-likeness (QED) is 0.304. The largest absolute Gasteiger partial charge is 0.489 e. The second kappa shape index (κ2) is 12.5. The number of likely N-dealkylation sites (tertiary alicyclic amines) is 1. The summed E-state index contributed by atoms with van der Waals surface area (Å²) in [7, 11) is 0. The summed E-state index contributed by atoms with van der Waals surface area (Å²) in [6, 6.07) is 7.87. The number of aromatic amines is 1. The predicted octanol–water partition coefficient (Wildman–Crippen LogP) is 2.65. The van der Waals surface area contributed by atoms with Crippen LogP contribution in [-0.2, 0) is 28.8 Å². The molecule has 228 valence electrons. The second-order valence-corrected chi connectivity index (χ2v) is 11.3. The first-order valence-electron chi connectivity index (χ1n) is 13.6. The molecule has 3 heterocycles. The number of H-pyrrole nitrogens is 1. The van der Waals surface area contributed by atoms with Gasteiger partial charge in [-0.3, -0.25) is 19.2 Å². The molecule has 1 aromatic heterocycles. The van der Waals surface area contributed by atoms with Gasteiger partial charge in [-0.25, -0.2) is 5.10 Å². The molecule has 0 saturated carbocycles. The lowest BCUT2D eigenvalue weighted by Crippen LogP contribution is -2.42. The Morgan fingerprint density at radius 1 is 1.16 bits per heavy atom. The van der Waals surface area contributed by atoms with Gasteiger partial charge in [0.1, 0.15) is 17.4 Å². The number of halogens is 3. The van der Waals surface area contributed by atoms with Crippen molar-refractivity contribution in [1.29, 1.82) is 0 Å². The van der Waals surface area contributed by atoms with Gasteiger partial charge in [-0.2, -0.15) is 18.3 Å². The van der Waals surface area contributed by atoms with Gasteiger partial charge in [-0.05, 0) is 60.4 Å². The smallest absolute Gasteiger partial charge is 0.416 e. The van der Waals surface area contributed by atoms with E-state index in [0.29, 0.717) is 40.5 Å². The minimum absolute atomic E-state index is 0.0713. The molecule has 11 nitrogen and oxygen atoms in total. The second-order valence-electron chi connectivity index (χ2n) is 10.3. The Labute approximate surface area is 247 Å². The van der Waals surface area contributed by atoms with E-state index in [4.69, 9.17) is 4.74 Å². The van der Waals surface area contributed by atoms with Crippen LogP contribution in [0.2, 0.25) is 0 Å². The molecule has 2 atom stereocenters. The van der Waals surface area contributed by atoms with Gasteiger partial charge in [0.2, 0.25) is 11.8 Å². The SMILES string of the molecule is CC(=O)NCC(=O)N1C[C@H](c2n[nH]c(=O)s2)[C@H](NC(=O)c2ccc(OCc3cc(C(F)(F)F)cc4c3CCCN4)cc2)C1. The fourth-order valence-electron chi connectivity index (χ4n) is 5.20. The normalized spacial score (nSPS) is 18.0. The number of anilines is 1. The van der Waals surface area contributed by atoms with Crippen LogP contribution in [0.4, 0.5) is 18.9 Å². The minimum atomic E-state index is -4.49. The molecule has 0 spiro atoms. The fourth-order valence-corrected chi connectivity index (χ4v) is 5.96. The Bertz CT molecular complexity index is 1570. The van der Waals surface area contributed by atoms with Gasteiger partial charge in [-0.15, -0.1) is 0 Å². The average Bonchev–Trinajstić information content (AvgIpc) is 3.60. The summed E-state index contributed by atoms with van der Waals surface area (Å²) in [5, 5.41) is 15.3. The molecule has 0 radical (unpaired) electrons. The Morgan fingerprint density at radius 2 is 1.93 bits per heavy atom. The Morgan fingerprint density at radius 3 is 2.60 bits per heavy atom. The topological polar surface area (TPSA) is 146 Å². The Kier molecular flexibility index (Phi) is 8.71. The van der Waals surface area contributed by atoms with Crippen molar-refractivity contribution in [3.8, 4) is 5.75 Å². The maximum absolute atomic E-state index is 13.5. The van der Waals surface area contributed by atoms with Gasteiger partial charge < -0.3 is 25.6 Å². The maximum Gasteiger partial charge on any atom is 0.416 e. The van der Waals surface area contributed by atoms with Crippen molar-refractivity contribution in [1.82, 2.24) is 25.7 Å². The van der Waals surface area contributed by atoms with Crippen LogP contribution >= 0.6 is 11.3 Å². The Balaban J connectivity index is 1.25. The predicted molar refractivity (Wildman–Crippen MR) is 151 cm³/mol. The van der Waals surface area contributed by atoms with E-state index in [0.717, 1.165) is 35.5 Å². The van der Waals surface area contributed by atoms with Gasteiger partial charge >= 0.3 is 11.0 Å². The zero-order chi connectivity index (χ0) is 30.7. The summed E-state index contributed by atoms with van der Waals surface area (Å²) >= 11 is 0.896. The van der Waals surface area contributed by atoms with Crippen LogP contribution in [0.15, 0.2) is 41.2 Å². The van der Waals surface area contributed by atoms with Crippen molar-refractivity contribution in [2.75, 3.05) is 31.5 Å². The number of rotatable bonds is 8. The molecule has 1 saturated heterocycles. The number of amides is 3. The van der Waals surface area contributed by atoms with Crippen LogP contribution in [0.3, 0.4) is 0 Å². The first kappa shape index (κ1) is 30.1. The molecule has 0 unspecified atom stereocenters. The number of carbonyl (C=O) groups excluding carboxylic acids is 3. The van der Waals surface area contributed by atoms with Crippen molar-refractivity contribution in [2.45, 2.75) is 44.5 Å². The highest BCUT2D eigenvalue weighted by atomic mass is 32.1. The first-order valence-corrected chi connectivity index (χ1v) is 14.4. The lowest BCUT2D eigenvalue weighted by Gasteiger charge is -2.23. The van der Waals surface area contributed by atoms with Crippen molar-refractivity contribution in [3.05, 3.63) is 73.3 Å². The van der Waals surface area contributed by atoms with Crippen LogP contribution in [-0.4, -0.2) is 65.0 Å². The van der Waals surface area contributed by atoms with Crippen molar-refractivity contribution < 1.29 is 32.3 Å². The lowest BCUT2D eigenvalue weighted by atomic mass is 9.95. The van der Waals surface area contributed by atoms with Crippen LogP contribution in [0.1, 0.15) is 51.3 Å². The van der Waals surface area contributed by atoms with E-state index >= 15 is 0 Å². The number of nitrogens with one attached hydrogen (secondary N) is 4.